The van der Waals surface area contributed by atoms with E-state index in [0.29, 0.717) is 18.0 Å². The highest BCUT2D eigenvalue weighted by molar-refractivity contribution is 6.30. The standard InChI is InChI=1S/C25H33ClN2O2/c1-6-19(5)27-25(30)23(7-2)28(16-20-10-12-22(26)13-11-20)24(29)15-21-14-17(3)8-9-18(21)4/h8-14,19,23H,6-7,15-16H2,1-5H3,(H,27,30). The van der Waals surface area contributed by atoms with Crippen molar-refractivity contribution in [3.05, 3.63) is 69.7 Å². The lowest BCUT2D eigenvalue weighted by molar-refractivity contribution is -0.141. The second-order valence-corrected chi connectivity index (χ2v) is 8.43. The minimum absolute atomic E-state index is 0.0511. The highest BCUT2D eigenvalue weighted by Crippen LogP contribution is 2.18. The van der Waals surface area contributed by atoms with Gasteiger partial charge >= 0.3 is 0 Å². The lowest BCUT2D eigenvalue weighted by atomic mass is 10.0. The molecule has 0 radical (unpaired) electrons. The van der Waals surface area contributed by atoms with Crippen molar-refractivity contribution in [2.75, 3.05) is 0 Å². The minimum Gasteiger partial charge on any atom is -0.352 e. The molecule has 5 heteroatoms. The predicted molar refractivity (Wildman–Crippen MR) is 124 cm³/mol. The van der Waals surface area contributed by atoms with Gasteiger partial charge in [-0.15, -0.1) is 0 Å². The van der Waals surface area contributed by atoms with Crippen LogP contribution in [0.2, 0.25) is 5.02 Å². The average Bonchev–Trinajstić information content (AvgIpc) is 2.71. The molecule has 0 saturated heterocycles. The summed E-state index contributed by atoms with van der Waals surface area (Å²) in [7, 11) is 0. The summed E-state index contributed by atoms with van der Waals surface area (Å²) in [6, 6.07) is 13.1. The molecule has 0 heterocycles. The van der Waals surface area contributed by atoms with E-state index in [2.05, 4.69) is 5.32 Å². The van der Waals surface area contributed by atoms with E-state index in [-0.39, 0.29) is 24.3 Å². The first-order valence-electron chi connectivity index (χ1n) is 10.7. The van der Waals surface area contributed by atoms with Crippen molar-refractivity contribution in [3.63, 3.8) is 0 Å². The number of carbonyl (C=O) groups excluding carboxylic acids is 2. The second kappa shape index (κ2) is 11.2. The van der Waals surface area contributed by atoms with Crippen molar-refractivity contribution in [2.45, 2.75) is 72.5 Å². The van der Waals surface area contributed by atoms with Crippen LogP contribution in [0.5, 0.6) is 0 Å². The fraction of sp³-hybridized carbons (Fsp3) is 0.440. The fourth-order valence-electron chi connectivity index (χ4n) is 3.40. The van der Waals surface area contributed by atoms with E-state index in [1.54, 1.807) is 4.90 Å². The van der Waals surface area contributed by atoms with Crippen LogP contribution in [0.1, 0.15) is 55.9 Å². The smallest absolute Gasteiger partial charge is 0.243 e. The summed E-state index contributed by atoms with van der Waals surface area (Å²) in [4.78, 5) is 28.1. The van der Waals surface area contributed by atoms with Gasteiger partial charge < -0.3 is 10.2 Å². The molecule has 2 atom stereocenters. The topological polar surface area (TPSA) is 49.4 Å². The number of hydrogen-bond donors (Lipinski definition) is 1. The van der Waals surface area contributed by atoms with Gasteiger partial charge in [-0.25, -0.2) is 0 Å². The minimum atomic E-state index is -0.521. The van der Waals surface area contributed by atoms with E-state index in [4.69, 9.17) is 11.6 Å². The molecule has 0 aliphatic rings. The molecule has 0 fully saturated rings. The van der Waals surface area contributed by atoms with Gasteiger partial charge in [0.15, 0.2) is 0 Å². The number of amides is 2. The molecule has 0 aliphatic heterocycles. The summed E-state index contributed by atoms with van der Waals surface area (Å²) in [5.74, 6) is -0.153. The van der Waals surface area contributed by atoms with Crippen LogP contribution >= 0.6 is 11.6 Å². The Balaban J connectivity index is 2.32. The Morgan fingerprint density at radius 2 is 1.70 bits per heavy atom. The number of aryl methyl sites for hydroxylation is 2. The van der Waals surface area contributed by atoms with Gasteiger partial charge in [0.05, 0.1) is 6.42 Å². The number of halogens is 1. The van der Waals surface area contributed by atoms with Crippen LogP contribution in [-0.2, 0) is 22.6 Å². The Morgan fingerprint density at radius 3 is 2.30 bits per heavy atom. The van der Waals surface area contributed by atoms with E-state index < -0.39 is 6.04 Å². The molecular formula is C25H33ClN2O2. The molecule has 162 valence electrons. The van der Waals surface area contributed by atoms with Crippen LogP contribution in [0, 0.1) is 13.8 Å². The first kappa shape index (κ1) is 23.9. The number of benzene rings is 2. The van der Waals surface area contributed by atoms with Gasteiger partial charge in [-0.1, -0.05) is 61.3 Å². The number of nitrogens with zero attached hydrogens (tertiary/aromatic N) is 1. The molecule has 0 bridgehead atoms. The highest BCUT2D eigenvalue weighted by atomic mass is 35.5. The molecule has 2 unspecified atom stereocenters. The highest BCUT2D eigenvalue weighted by Gasteiger charge is 2.29. The molecule has 0 aliphatic carbocycles. The molecule has 2 aromatic rings. The number of rotatable bonds is 9. The maximum atomic E-state index is 13.4. The summed E-state index contributed by atoms with van der Waals surface area (Å²) in [5, 5.41) is 3.69. The number of carbonyl (C=O) groups is 2. The van der Waals surface area contributed by atoms with Crippen molar-refractivity contribution < 1.29 is 9.59 Å². The van der Waals surface area contributed by atoms with Gasteiger partial charge in [-0.05, 0) is 62.4 Å². The average molecular weight is 429 g/mol. The van der Waals surface area contributed by atoms with E-state index in [0.717, 1.165) is 28.7 Å². The zero-order valence-corrected chi connectivity index (χ0v) is 19.4. The Hall–Kier alpha value is -2.33. The Labute approximate surface area is 185 Å². The summed E-state index contributed by atoms with van der Waals surface area (Å²) in [5.41, 5.74) is 4.15. The first-order chi connectivity index (χ1) is 14.2. The third-order valence-corrected chi connectivity index (χ3v) is 5.75. The van der Waals surface area contributed by atoms with Gasteiger partial charge in [0, 0.05) is 17.6 Å². The molecule has 2 amide bonds. The third kappa shape index (κ3) is 6.60. The van der Waals surface area contributed by atoms with E-state index in [9.17, 15) is 9.59 Å². The monoisotopic (exact) mass is 428 g/mol. The zero-order valence-electron chi connectivity index (χ0n) is 18.7. The van der Waals surface area contributed by atoms with Crippen molar-refractivity contribution in [3.8, 4) is 0 Å². The first-order valence-corrected chi connectivity index (χ1v) is 11.0. The lowest BCUT2D eigenvalue weighted by Gasteiger charge is -2.31. The van der Waals surface area contributed by atoms with Gasteiger partial charge in [0.25, 0.3) is 0 Å². The quantitative estimate of drug-likeness (QED) is 0.595. The molecule has 30 heavy (non-hydrogen) atoms. The van der Waals surface area contributed by atoms with Crippen LogP contribution in [-0.4, -0.2) is 28.8 Å². The molecule has 0 aromatic heterocycles. The van der Waals surface area contributed by atoms with Crippen molar-refractivity contribution in [2.24, 2.45) is 0 Å². The van der Waals surface area contributed by atoms with Gasteiger partial charge in [0.1, 0.15) is 6.04 Å². The zero-order chi connectivity index (χ0) is 22.3. The second-order valence-electron chi connectivity index (χ2n) is 8.00. The van der Waals surface area contributed by atoms with E-state index >= 15 is 0 Å². The van der Waals surface area contributed by atoms with Crippen molar-refractivity contribution in [1.82, 2.24) is 10.2 Å². The lowest BCUT2D eigenvalue weighted by Crippen LogP contribution is -2.51. The molecule has 4 nitrogen and oxygen atoms in total. The fourth-order valence-corrected chi connectivity index (χ4v) is 3.53. The summed E-state index contributed by atoms with van der Waals surface area (Å²) >= 11 is 6.02. The summed E-state index contributed by atoms with van der Waals surface area (Å²) < 4.78 is 0. The van der Waals surface area contributed by atoms with Crippen molar-refractivity contribution in [1.29, 1.82) is 0 Å². The Morgan fingerprint density at radius 1 is 1.03 bits per heavy atom. The normalized spacial score (nSPS) is 12.9. The third-order valence-electron chi connectivity index (χ3n) is 5.50. The Bertz CT molecular complexity index is 864. The largest absolute Gasteiger partial charge is 0.352 e. The molecule has 0 saturated carbocycles. The van der Waals surface area contributed by atoms with Crippen LogP contribution in [0.3, 0.4) is 0 Å². The Kier molecular flexibility index (Phi) is 8.91. The SMILES string of the molecule is CCC(C)NC(=O)C(CC)N(Cc1ccc(Cl)cc1)C(=O)Cc1cc(C)ccc1C. The van der Waals surface area contributed by atoms with Gasteiger partial charge in [0.2, 0.25) is 11.8 Å². The summed E-state index contributed by atoms with van der Waals surface area (Å²) in [6.07, 6.45) is 1.67. The van der Waals surface area contributed by atoms with Crippen LogP contribution in [0.4, 0.5) is 0 Å². The van der Waals surface area contributed by atoms with Crippen LogP contribution in [0.15, 0.2) is 42.5 Å². The molecule has 1 N–H and O–H groups in total. The summed E-state index contributed by atoms with van der Waals surface area (Å²) in [6.45, 7) is 10.4. The molecular weight excluding hydrogens is 396 g/mol. The number of hydrogen-bond acceptors (Lipinski definition) is 2. The molecule has 0 spiro atoms. The van der Waals surface area contributed by atoms with Crippen LogP contribution in [0.25, 0.3) is 0 Å². The predicted octanol–water partition coefficient (Wildman–Crippen LogP) is 5.22. The van der Waals surface area contributed by atoms with Crippen LogP contribution < -0.4 is 5.32 Å². The molecule has 2 aromatic carbocycles. The van der Waals surface area contributed by atoms with Gasteiger partial charge in [-0.2, -0.15) is 0 Å². The van der Waals surface area contributed by atoms with E-state index in [1.807, 2.05) is 77.1 Å². The molecule has 2 rings (SSSR count). The van der Waals surface area contributed by atoms with Gasteiger partial charge in [-0.3, -0.25) is 9.59 Å². The maximum Gasteiger partial charge on any atom is 0.243 e. The maximum absolute atomic E-state index is 13.4. The van der Waals surface area contributed by atoms with Crippen molar-refractivity contribution >= 4 is 23.4 Å². The van der Waals surface area contributed by atoms with E-state index in [1.165, 1.54) is 0 Å². The number of nitrogens with one attached hydrogen (secondary N) is 1.